The van der Waals surface area contributed by atoms with Crippen LogP contribution in [0.1, 0.15) is 43.1 Å². The minimum absolute atomic E-state index is 0.0356. The van der Waals surface area contributed by atoms with E-state index in [1.807, 2.05) is 12.1 Å². The number of carbonyl (C=O) groups is 2. The van der Waals surface area contributed by atoms with Crippen LogP contribution in [-0.4, -0.2) is 11.8 Å². The molecule has 0 unspecified atom stereocenters. The van der Waals surface area contributed by atoms with Gasteiger partial charge in [-0.05, 0) is 47.7 Å². The third-order valence-electron chi connectivity index (χ3n) is 5.16. The zero-order chi connectivity index (χ0) is 20.1. The Hall–Kier alpha value is -2.59. The smallest absolute Gasteiger partial charge is 0.315 e. The molecule has 0 N–H and O–H groups in total. The number of ether oxygens (including phenoxy) is 1. The molecule has 0 radical (unpaired) electrons. The molecule has 0 bridgehead atoms. The van der Waals surface area contributed by atoms with E-state index in [4.69, 9.17) is 20.8 Å². The Balaban J connectivity index is 1.43. The summed E-state index contributed by atoms with van der Waals surface area (Å²) < 4.78 is 10.8. The monoisotopic (exact) mass is 396 g/mol. The molecule has 0 spiro atoms. The van der Waals surface area contributed by atoms with Crippen molar-refractivity contribution in [3.8, 4) is 5.75 Å². The van der Waals surface area contributed by atoms with Crippen molar-refractivity contribution in [1.82, 2.24) is 0 Å². The second-order valence-corrected chi connectivity index (χ2v) is 8.71. The number of hydrogen-bond acceptors (Lipinski definition) is 4. The summed E-state index contributed by atoms with van der Waals surface area (Å²) in [7, 11) is 0. The van der Waals surface area contributed by atoms with Gasteiger partial charge in [0.1, 0.15) is 5.75 Å². The maximum Gasteiger partial charge on any atom is 0.315 e. The summed E-state index contributed by atoms with van der Waals surface area (Å²) in [5.74, 6) is -0.721. The first kappa shape index (κ1) is 18.8. The first-order chi connectivity index (χ1) is 13.2. The molecule has 28 heavy (non-hydrogen) atoms. The van der Waals surface area contributed by atoms with E-state index in [2.05, 4.69) is 20.8 Å². The lowest BCUT2D eigenvalue weighted by Crippen LogP contribution is -2.15. The molecule has 144 valence electrons. The summed E-state index contributed by atoms with van der Waals surface area (Å²) in [5.41, 5.74) is 2.25. The molecular formula is C23H21ClO4. The molecule has 2 atom stereocenters. The normalized spacial score (nSPS) is 18.9. The topological polar surface area (TPSA) is 56.5 Å². The Kier molecular flexibility index (Phi) is 4.54. The second kappa shape index (κ2) is 6.78. The highest BCUT2D eigenvalue weighted by molar-refractivity contribution is 6.35. The van der Waals surface area contributed by atoms with Gasteiger partial charge >= 0.3 is 5.97 Å². The maximum atomic E-state index is 12.8. The van der Waals surface area contributed by atoms with Crippen LogP contribution in [0, 0.1) is 11.8 Å². The highest BCUT2D eigenvalue weighted by Crippen LogP contribution is 2.43. The van der Waals surface area contributed by atoms with E-state index in [9.17, 15) is 9.59 Å². The molecule has 0 saturated heterocycles. The van der Waals surface area contributed by atoms with Crippen LogP contribution in [0.5, 0.6) is 5.75 Å². The number of carbonyl (C=O) groups excluding carboxylic acids is 2. The van der Waals surface area contributed by atoms with E-state index in [1.54, 1.807) is 30.3 Å². The van der Waals surface area contributed by atoms with Crippen LogP contribution >= 0.6 is 11.6 Å². The van der Waals surface area contributed by atoms with E-state index >= 15 is 0 Å². The van der Waals surface area contributed by atoms with E-state index in [0.717, 1.165) is 5.39 Å². The van der Waals surface area contributed by atoms with Crippen molar-refractivity contribution >= 4 is 34.3 Å². The summed E-state index contributed by atoms with van der Waals surface area (Å²) >= 11 is 6.19. The fourth-order valence-electron chi connectivity index (χ4n) is 3.35. The Morgan fingerprint density at radius 3 is 2.46 bits per heavy atom. The largest absolute Gasteiger partial charge is 0.463 e. The first-order valence-electron chi connectivity index (χ1n) is 9.27. The van der Waals surface area contributed by atoms with E-state index in [1.165, 1.54) is 11.8 Å². The molecule has 4 rings (SSSR count). The Bertz CT molecular complexity index is 1060. The number of furan rings is 1. The number of halogens is 1. The number of ketones is 1. The highest BCUT2D eigenvalue weighted by atomic mass is 35.5. The Morgan fingerprint density at radius 1 is 1.07 bits per heavy atom. The first-order valence-corrected chi connectivity index (χ1v) is 9.65. The van der Waals surface area contributed by atoms with Crippen LogP contribution in [0.4, 0.5) is 0 Å². The number of fused-ring (bicyclic) bond motifs is 1. The van der Waals surface area contributed by atoms with Crippen LogP contribution < -0.4 is 4.74 Å². The second-order valence-electron chi connectivity index (χ2n) is 8.31. The Morgan fingerprint density at radius 2 is 1.79 bits per heavy atom. The van der Waals surface area contributed by atoms with Crippen molar-refractivity contribution in [2.75, 3.05) is 0 Å². The fourth-order valence-corrected chi connectivity index (χ4v) is 3.63. The molecule has 4 nitrogen and oxygen atoms in total. The summed E-state index contributed by atoms with van der Waals surface area (Å²) in [5, 5.41) is 1.17. The van der Waals surface area contributed by atoms with Crippen LogP contribution in [0.15, 0.2) is 53.1 Å². The quantitative estimate of drug-likeness (QED) is 0.317. The van der Waals surface area contributed by atoms with Gasteiger partial charge in [-0.25, -0.2) is 0 Å². The molecule has 1 aliphatic rings. The maximum absolute atomic E-state index is 12.8. The molecule has 1 aliphatic carbocycles. The van der Waals surface area contributed by atoms with Gasteiger partial charge < -0.3 is 9.15 Å². The molecule has 0 aliphatic heterocycles. The minimum Gasteiger partial charge on any atom is -0.463 e. The van der Waals surface area contributed by atoms with Crippen LogP contribution in [0.2, 0.25) is 5.02 Å². The molecule has 1 heterocycles. The van der Waals surface area contributed by atoms with Crippen molar-refractivity contribution in [1.29, 1.82) is 0 Å². The summed E-state index contributed by atoms with van der Waals surface area (Å²) in [6.45, 7) is 6.38. The highest BCUT2D eigenvalue weighted by Gasteiger charge is 2.49. The zero-order valence-electron chi connectivity index (χ0n) is 16.0. The lowest BCUT2D eigenvalue weighted by molar-refractivity contribution is -0.136. The molecule has 1 aromatic heterocycles. The van der Waals surface area contributed by atoms with Gasteiger partial charge in [-0.15, -0.1) is 0 Å². The van der Waals surface area contributed by atoms with Crippen molar-refractivity contribution in [3.05, 3.63) is 64.9 Å². The minimum atomic E-state index is -0.409. The van der Waals surface area contributed by atoms with Crippen molar-refractivity contribution in [2.45, 2.75) is 32.6 Å². The predicted octanol–water partition coefficient (Wildman–Crippen LogP) is 5.81. The predicted molar refractivity (Wildman–Crippen MR) is 108 cm³/mol. The zero-order valence-corrected chi connectivity index (χ0v) is 16.7. The van der Waals surface area contributed by atoms with Crippen molar-refractivity contribution in [2.24, 2.45) is 11.8 Å². The van der Waals surface area contributed by atoms with Gasteiger partial charge in [-0.3, -0.25) is 9.59 Å². The number of rotatable bonds is 4. The van der Waals surface area contributed by atoms with Crippen LogP contribution in [0.25, 0.3) is 11.0 Å². The van der Waals surface area contributed by atoms with E-state index in [0.29, 0.717) is 28.3 Å². The standard InChI is InChI=1S/C23H21ClO4/c1-23(2,3)15-4-6-16(7-5-15)28-22(26)18-12-17(18)20(25)14-10-13-8-9-27-21(13)19(24)11-14/h4-11,17-18H,12H2,1-3H3/t17-,18-/m0/s1. The lowest BCUT2D eigenvalue weighted by Gasteiger charge is -2.19. The Labute approximate surface area is 168 Å². The summed E-state index contributed by atoms with van der Waals surface area (Å²) in [4.78, 5) is 25.2. The molecule has 2 aromatic carbocycles. The van der Waals surface area contributed by atoms with Gasteiger partial charge in [-0.1, -0.05) is 44.5 Å². The van der Waals surface area contributed by atoms with Crippen molar-refractivity contribution < 1.29 is 18.7 Å². The van der Waals surface area contributed by atoms with Crippen LogP contribution in [0.3, 0.4) is 0 Å². The number of benzene rings is 2. The molecule has 1 saturated carbocycles. The molecular weight excluding hydrogens is 376 g/mol. The number of esters is 1. The van der Waals surface area contributed by atoms with Gasteiger partial charge in [0.2, 0.25) is 0 Å². The van der Waals surface area contributed by atoms with Gasteiger partial charge in [-0.2, -0.15) is 0 Å². The van der Waals surface area contributed by atoms with Crippen LogP contribution in [-0.2, 0) is 10.2 Å². The average molecular weight is 397 g/mol. The van der Waals surface area contributed by atoms with Crippen molar-refractivity contribution in [3.63, 3.8) is 0 Å². The van der Waals surface area contributed by atoms with Gasteiger partial charge in [0.05, 0.1) is 17.2 Å². The van der Waals surface area contributed by atoms with Gasteiger partial charge in [0.15, 0.2) is 11.4 Å². The average Bonchev–Trinajstić information content (AvgIpc) is 3.30. The lowest BCUT2D eigenvalue weighted by atomic mass is 9.87. The molecule has 5 heteroatoms. The summed E-state index contributed by atoms with van der Waals surface area (Å²) in [6.07, 6.45) is 2.03. The van der Waals surface area contributed by atoms with E-state index < -0.39 is 5.92 Å². The summed E-state index contributed by atoms with van der Waals surface area (Å²) in [6, 6.07) is 12.6. The number of hydrogen-bond donors (Lipinski definition) is 0. The van der Waals surface area contributed by atoms with Gasteiger partial charge in [0, 0.05) is 16.9 Å². The third kappa shape index (κ3) is 3.57. The fraction of sp³-hybridized carbons (Fsp3) is 0.304. The molecule has 1 fully saturated rings. The van der Waals surface area contributed by atoms with E-state index in [-0.39, 0.29) is 23.1 Å². The molecule has 3 aromatic rings. The number of Topliss-reactive ketones (excluding diaryl/α,β-unsaturated/α-hetero) is 1. The van der Waals surface area contributed by atoms with Gasteiger partial charge in [0.25, 0.3) is 0 Å². The SMILES string of the molecule is CC(C)(C)c1ccc(OC(=O)[C@H]2C[C@@H]2C(=O)c2cc(Cl)c3occc3c2)cc1. The third-order valence-corrected chi connectivity index (χ3v) is 5.44. The molecule has 0 amide bonds.